The average molecular weight is 413 g/mol. The van der Waals surface area contributed by atoms with E-state index >= 15 is 0 Å². The molecule has 2 heterocycles. The molecule has 0 fully saturated rings. The zero-order valence-electron chi connectivity index (χ0n) is 17.2. The predicted molar refractivity (Wildman–Crippen MR) is 120 cm³/mol. The number of phenols is 1. The van der Waals surface area contributed by atoms with Crippen LogP contribution in [-0.2, 0) is 4.74 Å². The van der Waals surface area contributed by atoms with E-state index in [0.717, 1.165) is 23.1 Å². The number of anilines is 1. The Morgan fingerprint density at radius 3 is 2.77 bits per heavy atom. The fraction of sp³-hybridized carbons (Fsp3) is 0.160. The Bertz CT molecular complexity index is 1190. The fourth-order valence-corrected chi connectivity index (χ4v) is 3.45. The number of benzene rings is 2. The van der Waals surface area contributed by atoms with Gasteiger partial charge in [0.1, 0.15) is 11.3 Å². The summed E-state index contributed by atoms with van der Waals surface area (Å²) >= 11 is 0. The normalized spacial score (nSPS) is 11.8. The van der Waals surface area contributed by atoms with Gasteiger partial charge in [0, 0.05) is 35.2 Å². The summed E-state index contributed by atoms with van der Waals surface area (Å²) in [5.41, 5.74) is 3.26. The van der Waals surface area contributed by atoms with Gasteiger partial charge in [0.2, 0.25) is 0 Å². The molecule has 0 spiro atoms. The minimum absolute atomic E-state index is 0.109. The van der Waals surface area contributed by atoms with Gasteiger partial charge >= 0.3 is 5.97 Å². The van der Waals surface area contributed by atoms with Crippen LogP contribution in [-0.4, -0.2) is 27.7 Å². The van der Waals surface area contributed by atoms with Crippen molar-refractivity contribution in [3.8, 4) is 5.75 Å². The number of carbonyl (C=O) groups is 1. The molecule has 4 rings (SSSR count). The highest BCUT2D eigenvalue weighted by Gasteiger charge is 2.20. The summed E-state index contributed by atoms with van der Waals surface area (Å²) in [6.45, 7) is 2.33. The molecule has 2 aromatic heterocycles. The first kappa shape index (κ1) is 20.3. The number of pyridine rings is 2. The highest BCUT2D eigenvalue weighted by Crippen LogP contribution is 2.36. The number of hydrogen-bond acceptors (Lipinski definition) is 6. The molecule has 6 heteroatoms. The molecule has 4 aromatic rings. The summed E-state index contributed by atoms with van der Waals surface area (Å²) in [6, 6.07) is 18.1. The average Bonchev–Trinajstić information content (AvgIpc) is 2.82. The van der Waals surface area contributed by atoms with Crippen LogP contribution in [0.4, 0.5) is 5.69 Å². The van der Waals surface area contributed by atoms with Gasteiger partial charge in [-0.1, -0.05) is 37.3 Å². The Morgan fingerprint density at radius 1 is 1.10 bits per heavy atom. The fourth-order valence-electron chi connectivity index (χ4n) is 3.45. The van der Waals surface area contributed by atoms with Crippen LogP contribution in [0.3, 0.4) is 0 Å². The molecule has 6 nitrogen and oxygen atoms in total. The third-order valence-corrected chi connectivity index (χ3v) is 4.95. The topological polar surface area (TPSA) is 84.3 Å². The molecule has 0 saturated carbocycles. The molecule has 0 aliphatic rings. The smallest absolute Gasteiger partial charge is 0.338 e. The lowest BCUT2D eigenvalue weighted by molar-refractivity contribution is 0.0505. The maximum atomic E-state index is 12.3. The number of phenolic OH excluding ortho intramolecular Hbond substituents is 1. The maximum absolute atomic E-state index is 12.3. The van der Waals surface area contributed by atoms with Crippen molar-refractivity contribution in [1.82, 2.24) is 9.97 Å². The second-order valence-electron chi connectivity index (χ2n) is 7.16. The molecule has 0 aliphatic heterocycles. The van der Waals surface area contributed by atoms with E-state index in [2.05, 4.69) is 15.3 Å². The first-order valence-corrected chi connectivity index (χ1v) is 10.2. The summed E-state index contributed by atoms with van der Waals surface area (Å²) < 4.78 is 5.25. The molecule has 0 amide bonds. The van der Waals surface area contributed by atoms with Crippen LogP contribution in [0.1, 0.15) is 40.9 Å². The second-order valence-corrected chi connectivity index (χ2v) is 7.16. The van der Waals surface area contributed by atoms with E-state index in [-0.39, 0.29) is 11.7 Å². The third-order valence-electron chi connectivity index (χ3n) is 4.95. The molecule has 0 aliphatic carbocycles. The number of fused-ring (bicyclic) bond motifs is 1. The van der Waals surface area contributed by atoms with Crippen LogP contribution < -0.4 is 5.32 Å². The molecule has 0 bridgehead atoms. The third kappa shape index (κ3) is 4.48. The van der Waals surface area contributed by atoms with E-state index in [1.807, 2.05) is 49.4 Å². The number of aromatic nitrogens is 2. The molecular weight excluding hydrogens is 390 g/mol. The first-order chi connectivity index (χ1) is 15.2. The van der Waals surface area contributed by atoms with E-state index < -0.39 is 6.04 Å². The highest BCUT2D eigenvalue weighted by molar-refractivity contribution is 5.90. The van der Waals surface area contributed by atoms with Gasteiger partial charge in [-0.05, 0) is 42.3 Å². The van der Waals surface area contributed by atoms with Crippen LogP contribution in [0.2, 0.25) is 0 Å². The number of nitrogens with one attached hydrogen (secondary N) is 1. The van der Waals surface area contributed by atoms with Crippen molar-refractivity contribution in [2.45, 2.75) is 19.4 Å². The number of hydrogen-bond donors (Lipinski definition) is 2. The van der Waals surface area contributed by atoms with Crippen LogP contribution >= 0.6 is 0 Å². The maximum Gasteiger partial charge on any atom is 0.338 e. The van der Waals surface area contributed by atoms with Gasteiger partial charge < -0.3 is 15.2 Å². The Morgan fingerprint density at radius 2 is 1.97 bits per heavy atom. The molecule has 0 saturated heterocycles. The zero-order chi connectivity index (χ0) is 21.6. The number of esters is 1. The number of nitrogens with zero attached hydrogens (tertiary/aromatic N) is 2. The number of ether oxygens (including phenoxy) is 1. The van der Waals surface area contributed by atoms with Crippen molar-refractivity contribution < 1.29 is 14.6 Å². The van der Waals surface area contributed by atoms with Crippen LogP contribution in [0.15, 0.2) is 79.3 Å². The Hall–Kier alpha value is -3.93. The lowest BCUT2D eigenvalue weighted by Crippen LogP contribution is -2.14. The van der Waals surface area contributed by atoms with Gasteiger partial charge in [0.25, 0.3) is 0 Å². The number of aromatic hydroxyl groups is 1. The molecular formula is C25H23N3O3. The highest BCUT2D eigenvalue weighted by atomic mass is 16.5. The van der Waals surface area contributed by atoms with Gasteiger partial charge in [-0.2, -0.15) is 0 Å². The number of rotatable bonds is 7. The van der Waals surface area contributed by atoms with Crippen molar-refractivity contribution in [2.24, 2.45) is 0 Å². The van der Waals surface area contributed by atoms with E-state index in [9.17, 15) is 9.90 Å². The standard InChI is InChI=1S/C25H23N3O3/c1-2-14-31-25(30)18-6-3-9-20(15-18)28-22(19-8-4-12-26-16-19)21-11-10-17-7-5-13-27-23(17)24(21)29/h3-13,15-16,22,28-29H,2,14H2,1H3. The largest absolute Gasteiger partial charge is 0.505 e. The van der Waals surface area contributed by atoms with E-state index in [4.69, 9.17) is 4.74 Å². The predicted octanol–water partition coefficient (Wildman–Crippen LogP) is 5.10. The molecule has 156 valence electrons. The van der Waals surface area contributed by atoms with Crippen molar-refractivity contribution in [2.75, 3.05) is 11.9 Å². The molecule has 1 unspecified atom stereocenters. The molecule has 0 radical (unpaired) electrons. The Balaban J connectivity index is 1.73. The van der Waals surface area contributed by atoms with Gasteiger partial charge in [-0.25, -0.2) is 4.79 Å². The lowest BCUT2D eigenvalue weighted by Gasteiger charge is -2.22. The van der Waals surface area contributed by atoms with Crippen molar-refractivity contribution >= 4 is 22.6 Å². The molecule has 2 N–H and O–H groups in total. The molecule has 1 atom stereocenters. The molecule has 2 aromatic carbocycles. The zero-order valence-corrected chi connectivity index (χ0v) is 17.2. The summed E-state index contributed by atoms with van der Waals surface area (Å²) in [7, 11) is 0. The van der Waals surface area contributed by atoms with Crippen LogP contribution in [0.5, 0.6) is 5.75 Å². The van der Waals surface area contributed by atoms with Crippen LogP contribution in [0, 0.1) is 0 Å². The van der Waals surface area contributed by atoms with Crippen molar-refractivity contribution in [3.63, 3.8) is 0 Å². The van der Waals surface area contributed by atoms with Gasteiger partial charge in [-0.3, -0.25) is 9.97 Å². The van der Waals surface area contributed by atoms with Crippen LogP contribution in [0.25, 0.3) is 10.9 Å². The summed E-state index contributed by atoms with van der Waals surface area (Å²) in [5.74, 6) is -0.251. The van der Waals surface area contributed by atoms with Gasteiger partial charge in [-0.15, -0.1) is 0 Å². The van der Waals surface area contributed by atoms with Gasteiger partial charge in [0.05, 0.1) is 18.2 Å². The van der Waals surface area contributed by atoms with E-state index in [1.54, 1.807) is 36.8 Å². The number of carbonyl (C=O) groups excluding carboxylic acids is 1. The minimum Gasteiger partial charge on any atom is -0.505 e. The monoisotopic (exact) mass is 413 g/mol. The first-order valence-electron chi connectivity index (χ1n) is 10.2. The molecule has 31 heavy (non-hydrogen) atoms. The summed E-state index contributed by atoms with van der Waals surface area (Å²) in [6.07, 6.45) is 5.87. The van der Waals surface area contributed by atoms with Crippen molar-refractivity contribution in [3.05, 3.63) is 95.9 Å². The van der Waals surface area contributed by atoms with Gasteiger partial charge in [0.15, 0.2) is 0 Å². The summed E-state index contributed by atoms with van der Waals surface area (Å²) in [5, 5.41) is 15.3. The second kappa shape index (κ2) is 9.26. The quantitative estimate of drug-likeness (QED) is 0.410. The minimum atomic E-state index is -0.401. The van der Waals surface area contributed by atoms with E-state index in [0.29, 0.717) is 23.3 Å². The Kier molecular flexibility index (Phi) is 6.08. The van der Waals surface area contributed by atoms with Crippen molar-refractivity contribution in [1.29, 1.82) is 0 Å². The lowest BCUT2D eigenvalue weighted by atomic mass is 9.97. The SMILES string of the molecule is CCCOC(=O)c1cccc(NC(c2cccnc2)c2ccc3cccnc3c2O)c1. The summed E-state index contributed by atoms with van der Waals surface area (Å²) in [4.78, 5) is 20.8. The Labute approximate surface area is 180 Å². The van der Waals surface area contributed by atoms with E-state index in [1.165, 1.54) is 0 Å².